The molecule has 2 aromatic rings. The van der Waals surface area contributed by atoms with Crippen LogP contribution in [-0.2, 0) is 17.8 Å². The first-order chi connectivity index (χ1) is 15.0. The zero-order chi connectivity index (χ0) is 21.5. The van der Waals surface area contributed by atoms with Gasteiger partial charge in [-0.05, 0) is 66.0 Å². The van der Waals surface area contributed by atoms with Gasteiger partial charge in [0.25, 0.3) is 5.91 Å². The fraction of sp³-hybridized carbons (Fsp3) is 0.423. The zero-order valence-electron chi connectivity index (χ0n) is 17.8. The van der Waals surface area contributed by atoms with E-state index in [1.165, 1.54) is 6.42 Å². The van der Waals surface area contributed by atoms with E-state index in [1.807, 2.05) is 31.3 Å². The minimum absolute atomic E-state index is 0.0392. The van der Waals surface area contributed by atoms with Crippen molar-refractivity contribution in [2.24, 2.45) is 11.8 Å². The highest BCUT2D eigenvalue weighted by molar-refractivity contribution is 5.98. The summed E-state index contributed by atoms with van der Waals surface area (Å²) in [6, 6.07) is 17.0. The second-order valence-electron chi connectivity index (χ2n) is 9.35. The minimum atomic E-state index is -0.291. The molecule has 158 valence electrons. The van der Waals surface area contributed by atoms with Gasteiger partial charge in [0, 0.05) is 31.6 Å². The van der Waals surface area contributed by atoms with Crippen molar-refractivity contribution in [2.75, 3.05) is 7.05 Å². The van der Waals surface area contributed by atoms with Crippen LogP contribution >= 0.6 is 0 Å². The number of hydrogen-bond donors (Lipinski definition) is 1. The summed E-state index contributed by atoms with van der Waals surface area (Å²) in [6.45, 7) is 0.648. The lowest BCUT2D eigenvalue weighted by Gasteiger charge is -2.22. The normalized spacial score (nSPS) is 24.8. The summed E-state index contributed by atoms with van der Waals surface area (Å²) in [7, 11) is 1.82. The molecular formula is C26H27N3O2. The van der Waals surface area contributed by atoms with Crippen molar-refractivity contribution in [1.29, 1.82) is 5.26 Å². The average molecular weight is 414 g/mol. The summed E-state index contributed by atoms with van der Waals surface area (Å²) in [4.78, 5) is 26.6. The van der Waals surface area contributed by atoms with Crippen molar-refractivity contribution in [1.82, 2.24) is 10.2 Å². The van der Waals surface area contributed by atoms with Crippen LogP contribution < -0.4 is 5.32 Å². The van der Waals surface area contributed by atoms with Crippen LogP contribution in [0.4, 0.5) is 0 Å². The third kappa shape index (κ3) is 3.77. The third-order valence-corrected chi connectivity index (χ3v) is 7.20. The molecule has 1 N–H and O–H groups in total. The van der Waals surface area contributed by atoms with Crippen LogP contribution in [0.15, 0.2) is 42.5 Å². The zero-order valence-corrected chi connectivity index (χ0v) is 17.8. The van der Waals surface area contributed by atoms with E-state index in [2.05, 4.69) is 29.6 Å². The van der Waals surface area contributed by atoms with Gasteiger partial charge in [0.15, 0.2) is 5.78 Å². The Bertz CT molecular complexity index is 1070. The number of Topliss-reactive ketones (excluding diaryl/α,β-unsaturated/α-hetero) is 1. The van der Waals surface area contributed by atoms with E-state index >= 15 is 0 Å². The standard InChI is InChI=1S/C26H27N3O2/c1-29-15-21-12-19(7-9-23(21)26(29)31)18-4-2-16(3-5-18)10-17(14-27)11-24(30)25-20-6-8-22(13-20)28-25/h2-5,7,9,12,17,20,22,25,28H,6,8,10-11,13,15H2,1H3/t17-,20+,22-,25+/m1/s1. The third-order valence-electron chi connectivity index (χ3n) is 7.20. The van der Waals surface area contributed by atoms with E-state index in [4.69, 9.17) is 0 Å². The highest BCUT2D eigenvalue weighted by Gasteiger charge is 2.42. The number of nitrogens with zero attached hydrogens (tertiary/aromatic N) is 2. The monoisotopic (exact) mass is 413 g/mol. The first kappa shape index (κ1) is 20.0. The van der Waals surface area contributed by atoms with Crippen molar-refractivity contribution in [3.63, 3.8) is 0 Å². The number of piperidine rings is 1. The molecule has 2 fully saturated rings. The Morgan fingerprint density at radius 1 is 1.19 bits per heavy atom. The van der Waals surface area contributed by atoms with E-state index in [9.17, 15) is 14.9 Å². The van der Waals surface area contributed by atoms with Crippen LogP contribution in [0.3, 0.4) is 0 Å². The summed E-state index contributed by atoms with van der Waals surface area (Å²) in [5.41, 5.74) is 5.09. The van der Waals surface area contributed by atoms with Gasteiger partial charge in [-0.25, -0.2) is 0 Å². The lowest BCUT2D eigenvalue weighted by atomic mass is 9.88. The summed E-state index contributed by atoms with van der Waals surface area (Å²) in [5, 5.41) is 13.1. The summed E-state index contributed by atoms with van der Waals surface area (Å²) in [5.74, 6) is 0.460. The van der Waals surface area contributed by atoms with Crippen molar-refractivity contribution < 1.29 is 9.59 Å². The van der Waals surface area contributed by atoms with Gasteiger partial charge in [-0.1, -0.05) is 30.3 Å². The first-order valence-electron chi connectivity index (χ1n) is 11.2. The number of nitrogens with one attached hydrogen (secondary N) is 1. The van der Waals surface area contributed by atoms with E-state index in [0.29, 0.717) is 31.3 Å². The van der Waals surface area contributed by atoms with Crippen LogP contribution in [0.2, 0.25) is 0 Å². The van der Waals surface area contributed by atoms with E-state index in [1.54, 1.807) is 4.90 Å². The molecule has 3 aliphatic rings. The Kier molecular flexibility index (Phi) is 5.11. The lowest BCUT2D eigenvalue weighted by molar-refractivity contribution is -0.122. The molecule has 0 spiro atoms. The molecule has 5 rings (SSSR count). The van der Waals surface area contributed by atoms with Crippen LogP contribution in [0.5, 0.6) is 0 Å². The minimum Gasteiger partial charge on any atom is -0.337 e. The predicted molar refractivity (Wildman–Crippen MR) is 118 cm³/mol. The summed E-state index contributed by atoms with van der Waals surface area (Å²) < 4.78 is 0. The van der Waals surface area contributed by atoms with E-state index < -0.39 is 0 Å². The van der Waals surface area contributed by atoms with Gasteiger partial charge >= 0.3 is 0 Å². The van der Waals surface area contributed by atoms with E-state index in [0.717, 1.165) is 40.7 Å². The molecule has 2 heterocycles. The van der Waals surface area contributed by atoms with Gasteiger partial charge in [0.1, 0.15) is 0 Å². The largest absolute Gasteiger partial charge is 0.337 e. The number of rotatable bonds is 6. The quantitative estimate of drug-likeness (QED) is 0.783. The molecule has 5 heteroatoms. The smallest absolute Gasteiger partial charge is 0.254 e. The first-order valence-corrected chi connectivity index (χ1v) is 11.2. The molecule has 4 atom stereocenters. The molecule has 1 amide bonds. The lowest BCUT2D eigenvalue weighted by Crippen LogP contribution is -2.42. The molecule has 5 nitrogen and oxygen atoms in total. The highest BCUT2D eigenvalue weighted by atomic mass is 16.2. The van der Waals surface area contributed by atoms with Crippen LogP contribution in [0.1, 0.15) is 47.2 Å². The number of amides is 1. The molecule has 1 saturated heterocycles. The van der Waals surface area contributed by atoms with Gasteiger partial charge in [0.05, 0.1) is 18.0 Å². The molecule has 2 aliphatic heterocycles. The average Bonchev–Trinajstić information content (AvgIpc) is 3.49. The second kappa shape index (κ2) is 7.94. The number of ketones is 1. The number of carbonyl (C=O) groups is 2. The molecule has 31 heavy (non-hydrogen) atoms. The van der Waals surface area contributed by atoms with Crippen molar-refractivity contribution in [3.05, 3.63) is 59.2 Å². The van der Waals surface area contributed by atoms with Gasteiger partial charge in [-0.15, -0.1) is 0 Å². The molecule has 2 bridgehead atoms. The maximum absolute atomic E-state index is 12.7. The Balaban J connectivity index is 1.24. The Morgan fingerprint density at radius 3 is 2.65 bits per heavy atom. The van der Waals surface area contributed by atoms with Gasteiger partial charge < -0.3 is 10.2 Å². The number of fused-ring (bicyclic) bond motifs is 3. The molecule has 1 saturated carbocycles. The SMILES string of the molecule is CN1Cc2cc(-c3ccc(C[C@@H](C#N)CC(=O)[C@H]4N[C@@H]5CC[C@H]4C5)cc3)ccc2C1=O. The number of hydrogen-bond acceptors (Lipinski definition) is 4. The summed E-state index contributed by atoms with van der Waals surface area (Å²) >= 11 is 0. The maximum Gasteiger partial charge on any atom is 0.254 e. The molecule has 1 aliphatic carbocycles. The highest BCUT2D eigenvalue weighted by Crippen LogP contribution is 2.36. The van der Waals surface area contributed by atoms with Crippen molar-refractivity contribution in [2.45, 2.75) is 50.7 Å². The van der Waals surface area contributed by atoms with Gasteiger partial charge in [-0.2, -0.15) is 5.26 Å². The number of benzene rings is 2. The maximum atomic E-state index is 12.7. The Morgan fingerprint density at radius 2 is 1.97 bits per heavy atom. The van der Waals surface area contributed by atoms with E-state index in [-0.39, 0.29) is 23.7 Å². The Hall–Kier alpha value is -2.97. The molecule has 0 unspecified atom stereocenters. The van der Waals surface area contributed by atoms with Gasteiger partial charge in [-0.3, -0.25) is 9.59 Å². The van der Waals surface area contributed by atoms with Gasteiger partial charge in [0.2, 0.25) is 0 Å². The topological polar surface area (TPSA) is 73.2 Å². The van der Waals surface area contributed by atoms with Crippen LogP contribution in [0.25, 0.3) is 11.1 Å². The van der Waals surface area contributed by atoms with Crippen molar-refractivity contribution in [3.8, 4) is 17.2 Å². The summed E-state index contributed by atoms with van der Waals surface area (Å²) in [6.07, 6.45) is 4.35. The number of carbonyl (C=O) groups excluding carboxylic acids is 2. The Labute approximate surface area is 183 Å². The predicted octanol–water partition coefficient (Wildman–Crippen LogP) is 3.72. The molecule has 0 aromatic heterocycles. The molecular weight excluding hydrogens is 386 g/mol. The van der Waals surface area contributed by atoms with Crippen molar-refractivity contribution >= 4 is 11.7 Å². The van der Waals surface area contributed by atoms with Crippen LogP contribution in [0, 0.1) is 23.2 Å². The molecule has 2 aromatic carbocycles. The number of nitriles is 1. The second-order valence-corrected chi connectivity index (χ2v) is 9.35. The van der Waals surface area contributed by atoms with Crippen LogP contribution in [-0.4, -0.2) is 35.7 Å². The molecule has 0 radical (unpaired) electrons. The fourth-order valence-electron chi connectivity index (χ4n) is 5.51. The fourth-order valence-corrected chi connectivity index (χ4v) is 5.51.